The fourth-order valence-electron chi connectivity index (χ4n) is 2.29. The Labute approximate surface area is 132 Å². The maximum absolute atomic E-state index is 4.85. The summed E-state index contributed by atoms with van der Waals surface area (Å²) in [7, 11) is 4.10. The van der Waals surface area contributed by atoms with Gasteiger partial charge in [0.15, 0.2) is 5.13 Å². The van der Waals surface area contributed by atoms with Gasteiger partial charge in [-0.1, -0.05) is 43.7 Å². The van der Waals surface area contributed by atoms with Gasteiger partial charge in [-0.2, -0.15) is 0 Å². The first-order chi connectivity index (χ1) is 10.0. The summed E-state index contributed by atoms with van der Waals surface area (Å²) in [6.07, 6.45) is 0. The van der Waals surface area contributed by atoms with Crippen LogP contribution in [0, 0.1) is 6.92 Å². The van der Waals surface area contributed by atoms with Crippen LogP contribution in [0.5, 0.6) is 0 Å². The van der Waals surface area contributed by atoms with Crippen LogP contribution in [0.15, 0.2) is 24.3 Å². The first-order valence-electron chi connectivity index (χ1n) is 7.42. The third kappa shape index (κ3) is 4.05. The van der Waals surface area contributed by atoms with Crippen LogP contribution in [0.1, 0.15) is 41.5 Å². The van der Waals surface area contributed by atoms with Crippen molar-refractivity contribution in [3.8, 4) is 0 Å². The van der Waals surface area contributed by atoms with Gasteiger partial charge in [0.25, 0.3) is 0 Å². The Hall–Kier alpha value is -1.39. The van der Waals surface area contributed by atoms with Crippen LogP contribution in [-0.2, 0) is 13.1 Å². The molecule has 0 aliphatic rings. The van der Waals surface area contributed by atoms with E-state index in [0.717, 1.165) is 18.2 Å². The largest absolute Gasteiger partial charge is 0.347 e. The Morgan fingerprint density at radius 2 is 1.90 bits per heavy atom. The van der Waals surface area contributed by atoms with Crippen molar-refractivity contribution in [1.29, 1.82) is 0 Å². The molecule has 0 radical (unpaired) electrons. The van der Waals surface area contributed by atoms with Gasteiger partial charge in [0, 0.05) is 25.0 Å². The minimum Gasteiger partial charge on any atom is -0.347 e. The van der Waals surface area contributed by atoms with Gasteiger partial charge in [0.05, 0.1) is 5.69 Å². The third-order valence-corrected chi connectivity index (χ3v) is 4.65. The first-order valence-corrected chi connectivity index (χ1v) is 8.23. The van der Waals surface area contributed by atoms with E-state index in [1.807, 2.05) is 7.05 Å². The molecule has 2 aromatic rings. The number of aryl methyl sites for hydroxylation is 1. The Kier molecular flexibility index (Phi) is 5.37. The van der Waals surface area contributed by atoms with Crippen molar-refractivity contribution in [2.24, 2.45) is 0 Å². The summed E-state index contributed by atoms with van der Waals surface area (Å²) in [6, 6.07) is 8.71. The van der Waals surface area contributed by atoms with Gasteiger partial charge in [0.1, 0.15) is 0 Å². The number of rotatable bonds is 6. The number of hydrogen-bond acceptors (Lipinski definition) is 4. The van der Waals surface area contributed by atoms with Crippen molar-refractivity contribution in [3.63, 3.8) is 0 Å². The van der Waals surface area contributed by atoms with Crippen LogP contribution in [0.3, 0.4) is 0 Å². The van der Waals surface area contributed by atoms with Gasteiger partial charge in [-0.15, -0.1) is 11.3 Å². The molecule has 21 heavy (non-hydrogen) atoms. The molecule has 0 unspecified atom stereocenters. The Morgan fingerprint density at radius 3 is 2.48 bits per heavy atom. The van der Waals surface area contributed by atoms with Crippen molar-refractivity contribution in [3.05, 3.63) is 46.0 Å². The smallest absolute Gasteiger partial charge is 0.185 e. The fraction of sp³-hybridized carbons (Fsp3) is 0.471. The zero-order valence-corrected chi connectivity index (χ0v) is 14.4. The van der Waals surface area contributed by atoms with Crippen LogP contribution in [0.2, 0.25) is 0 Å². The Morgan fingerprint density at radius 1 is 1.24 bits per heavy atom. The van der Waals surface area contributed by atoms with E-state index in [1.165, 1.54) is 21.7 Å². The lowest BCUT2D eigenvalue weighted by atomic mass is 10.1. The molecule has 1 heterocycles. The van der Waals surface area contributed by atoms with Gasteiger partial charge in [-0.05, 0) is 25.5 Å². The zero-order chi connectivity index (χ0) is 15.4. The third-order valence-electron chi connectivity index (χ3n) is 3.47. The highest BCUT2D eigenvalue weighted by atomic mass is 32.1. The summed E-state index contributed by atoms with van der Waals surface area (Å²) in [6.45, 7) is 8.32. The van der Waals surface area contributed by atoms with Crippen molar-refractivity contribution < 1.29 is 0 Å². The summed E-state index contributed by atoms with van der Waals surface area (Å²) in [5.41, 5.74) is 3.84. The van der Waals surface area contributed by atoms with E-state index < -0.39 is 0 Å². The highest BCUT2D eigenvalue weighted by Crippen LogP contribution is 2.30. The van der Waals surface area contributed by atoms with E-state index in [0.29, 0.717) is 5.92 Å². The summed E-state index contributed by atoms with van der Waals surface area (Å²) >= 11 is 1.80. The van der Waals surface area contributed by atoms with Crippen molar-refractivity contribution in [2.75, 3.05) is 19.0 Å². The number of hydrogen-bond donors (Lipinski definition) is 1. The molecule has 0 saturated heterocycles. The van der Waals surface area contributed by atoms with Crippen LogP contribution in [0.4, 0.5) is 5.13 Å². The molecule has 3 nitrogen and oxygen atoms in total. The molecule has 0 spiro atoms. The molecule has 0 amide bonds. The molecule has 1 N–H and O–H groups in total. The number of nitrogens with zero attached hydrogens (tertiary/aromatic N) is 2. The zero-order valence-electron chi connectivity index (χ0n) is 13.6. The molecule has 0 aliphatic heterocycles. The standard InChI is InChI=1S/C17H25N3S/c1-12(2)16-15(10-18-4)21-17(19-16)20(5)11-14-8-6-13(3)7-9-14/h6-9,12,18H,10-11H2,1-5H3. The number of benzene rings is 1. The number of nitrogens with one attached hydrogen (secondary N) is 1. The lowest BCUT2D eigenvalue weighted by Gasteiger charge is -2.16. The average molecular weight is 303 g/mol. The quantitative estimate of drug-likeness (QED) is 0.876. The topological polar surface area (TPSA) is 28.2 Å². The normalized spacial score (nSPS) is 11.1. The van der Waals surface area contributed by atoms with E-state index >= 15 is 0 Å². The van der Waals surface area contributed by atoms with Gasteiger partial charge >= 0.3 is 0 Å². The van der Waals surface area contributed by atoms with Crippen molar-refractivity contribution in [1.82, 2.24) is 10.3 Å². The molecule has 4 heteroatoms. The minimum atomic E-state index is 0.464. The summed E-state index contributed by atoms with van der Waals surface area (Å²) in [5.74, 6) is 0.464. The number of anilines is 1. The van der Waals surface area contributed by atoms with E-state index in [-0.39, 0.29) is 0 Å². The Bertz CT molecular complexity index is 572. The molecule has 0 atom stereocenters. The summed E-state index contributed by atoms with van der Waals surface area (Å²) in [4.78, 5) is 8.43. The molecule has 0 bridgehead atoms. The fourth-order valence-corrected chi connectivity index (χ4v) is 3.47. The Balaban J connectivity index is 2.16. The molecule has 2 rings (SSSR count). The second kappa shape index (κ2) is 7.05. The lowest BCUT2D eigenvalue weighted by Crippen LogP contribution is -2.16. The summed E-state index contributed by atoms with van der Waals surface area (Å²) in [5, 5.41) is 4.34. The SMILES string of the molecule is CNCc1sc(N(C)Cc2ccc(C)cc2)nc1C(C)C. The van der Waals surface area contributed by atoms with Gasteiger partial charge < -0.3 is 10.2 Å². The van der Waals surface area contributed by atoms with Crippen LogP contribution in [0.25, 0.3) is 0 Å². The molecular formula is C17H25N3S. The van der Waals surface area contributed by atoms with Gasteiger partial charge in [-0.25, -0.2) is 4.98 Å². The maximum Gasteiger partial charge on any atom is 0.185 e. The van der Waals surface area contributed by atoms with Crippen LogP contribution < -0.4 is 10.2 Å². The second-order valence-corrected chi connectivity index (χ2v) is 6.89. The van der Waals surface area contributed by atoms with Crippen molar-refractivity contribution >= 4 is 16.5 Å². The molecule has 114 valence electrons. The first kappa shape index (κ1) is 16.0. The lowest BCUT2D eigenvalue weighted by molar-refractivity contribution is 0.768. The predicted octanol–water partition coefficient (Wildman–Crippen LogP) is 3.93. The second-order valence-electron chi connectivity index (χ2n) is 5.83. The molecule has 0 saturated carbocycles. The number of thiazole rings is 1. The monoisotopic (exact) mass is 303 g/mol. The van der Waals surface area contributed by atoms with Crippen molar-refractivity contribution in [2.45, 2.75) is 39.8 Å². The molecule has 1 aromatic heterocycles. The minimum absolute atomic E-state index is 0.464. The number of aromatic nitrogens is 1. The van der Waals surface area contributed by atoms with E-state index in [2.05, 4.69) is 62.3 Å². The highest BCUT2D eigenvalue weighted by molar-refractivity contribution is 7.15. The van der Waals surface area contributed by atoms with Gasteiger partial charge in [0.2, 0.25) is 0 Å². The maximum atomic E-state index is 4.85. The molecule has 1 aromatic carbocycles. The molecular weight excluding hydrogens is 278 g/mol. The highest BCUT2D eigenvalue weighted by Gasteiger charge is 2.16. The average Bonchev–Trinajstić information content (AvgIpc) is 2.86. The van der Waals surface area contributed by atoms with Crippen LogP contribution >= 0.6 is 11.3 Å². The van der Waals surface area contributed by atoms with E-state index in [1.54, 1.807) is 11.3 Å². The molecule has 0 fully saturated rings. The predicted molar refractivity (Wildman–Crippen MR) is 92.3 cm³/mol. The van der Waals surface area contributed by atoms with E-state index in [4.69, 9.17) is 4.98 Å². The summed E-state index contributed by atoms with van der Waals surface area (Å²) < 4.78 is 0. The van der Waals surface area contributed by atoms with Gasteiger partial charge in [-0.3, -0.25) is 0 Å². The molecule has 0 aliphatic carbocycles. The van der Waals surface area contributed by atoms with Crippen LogP contribution in [-0.4, -0.2) is 19.1 Å². The van der Waals surface area contributed by atoms with E-state index in [9.17, 15) is 0 Å².